The van der Waals surface area contributed by atoms with Gasteiger partial charge in [-0.2, -0.15) is 0 Å². The highest BCUT2D eigenvalue weighted by atomic mass is 16.5. The van der Waals surface area contributed by atoms with E-state index < -0.39 is 12.1 Å². The van der Waals surface area contributed by atoms with Crippen molar-refractivity contribution in [1.82, 2.24) is 0 Å². The Balaban J connectivity index is 2.76. The number of ether oxygens (including phenoxy) is 1. The van der Waals surface area contributed by atoms with E-state index in [1.54, 1.807) is 6.92 Å². The van der Waals surface area contributed by atoms with Crippen LogP contribution in [0, 0.1) is 5.41 Å². The Hall–Kier alpha value is -1.52. The van der Waals surface area contributed by atoms with Gasteiger partial charge in [0, 0.05) is 12.8 Å². The van der Waals surface area contributed by atoms with Gasteiger partial charge in [0.05, 0.1) is 6.42 Å². The Bertz CT molecular complexity index is 367. The first-order chi connectivity index (χ1) is 7.71. The number of carboxylic acids is 1. The Kier molecular flexibility index (Phi) is 3.80. The zero-order valence-corrected chi connectivity index (χ0v) is 10.3. The lowest BCUT2D eigenvalue weighted by Crippen LogP contribution is -2.28. The van der Waals surface area contributed by atoms with Crippen molar-refractivity contribution in [1.29, 1.82) is 0 Å². The Morgan fingerprint density at radius 1 is 1.47 bits per heavy atom. The number of ketones is 1. The maximum Gasteiger partial charge on any atom is 0.307 e. The average molecular weight is 242 g/mol. The Morgan fingerprint density at radius 2 is 2.06 bits per heavy atom. The van der Waals surface area contributed by atoms with Gasteiger partial charge in [-0.25, -0.2) is 0 Å². The first-order valence-corrected chi connectivity index (χ1v) is 5.55. The topological polar surface area (TPSA) is 83.8 Å². The minimum absolute atomic E-state index is 0.0712. The van der Waals surface area contributed by atoms with Crippen LogP contribution in [0.2, 0.25) is 0 Å². The molecule has 96 valence electrons. The summed E-state index contributed by atoms with van der Waals surface area (Å²) in [5.74, 6) is -1.42. The van der Waals surface area contributed by atoms with E-state index in [1.807, 2.05) is 13.8 Å². The molecule has 0 aromatic carbocycles. The molecule has 0 radical (unpaired) electrons. The average Bonchev–Trinajstić information content (AvgIpc) is 2.08. The van der Waals surface area contributed by atoms with Crippen molar-refractivity contribution < 1.29 is 24.5 Å². The van der Waals surface area contributed by atoms with Crippen molar-refractivity contribution in [2.75, 3.05) is 0 Å². The van der Waals surface area contributed by atoms with Crippen LogP contribution < -0.4 is 0 Å². The first kappa shape index (κ1) is 13.5. The lowest BCUT2D eigenvalue weighted by Gasteiger charge is -2.30. The fraction of sp³-hybridized carbons (Fsp3) is 0.667. The first-order valence-electron chi connectivity index (χ1n) is 5.55. The van der Waals surface area contributed by atoms with Crippen LogP contribution in [0.3, 0.4) is 0 Å². The molecular weight excluding hydrogens is 224 g/mol. The molecule has 2 N–H and O–H groups in total. The molecule has 1 unspecified atom stereocenters. The predicted molar refractivity (Wildman–Crippen MR) is 60.5 cm³/mol. The fourth-order valence-corrected chi connectivity index (χ4v) is 1.89. The van der Waals surface area contributed by atoms with E-state index in [4.69, 9.17) is 9.84 Å². The molecule has 0 heterocycles. The third kappa shape index (κ3) is 3.76. The molecule has 0 saturated carbocycles. The smallest absolute Gasteiger partial charge is 0.307 e. The number of aliphatic hydroxyl groups is 1. The van der Waals surface area contributed by atoms with Gasteiger partial charge in [-0.15, -0.1) is 0 Å². The summed E-state index contributed by atoms with van der Waals surface area (Å²) in [5.41, 5.74) is -0.274. The van der Waals surface area contributed by atoms with E-state index >= 15 is 0 Å². The molecule has 17 heavy (non-hydrogen) atoms. The number of allylic oxidation sites excluding steroid dienone is 2. The van der Waals surface area contributed by atoms with Crippen LogP contribution in [-0.2, 0) is 14.3 Å². The van der Waals surface area contributed by atoms with Crippen LogP contribution in [0.4, 0.5) is 0 Å². The Morgan fingerprint density at radius 3 is 2.53 bits per heavy atom. The number of carbonyl (C=O) groups is 2. The zero-order chi connectivity index (χ0) is 13.2. The molecule has 0 aromatic rings. The quantitative estimate of drug-likeness (QED) is 0.788. The lowest BCUT2D eigenvalue weighted by molar-refractivity contribution is -0.140. The summed E-state index contributed by atoms with van der Waals surface area (Å²) in [4.78, 5) is 22.2. The molecule has 5 heteroatoms. The van der Waals surface area contributed by atoms with Gasteiger partial charge in [0.25, 0.3) is 0 Å². The summed E-state index contributed by atoms with van der Waals surface area (Å²) in [6.45, 7) is 5.33. The van der Waals surface area contributed by atoms with Gasteiger partial charge >= 0.3 is 5.97 Å². The third-order valence-corrected chi connectivity index (χ3v) is 2.58. The minimum atomic E-state index is -0.999. The van der Waals surface area contributed by atoms with E-state index in [0.29, 0.717) is 12.8 Å². The maximum absolute atomic E-state index is 11.8. The molecule has 0 fully saturated rings. The van der Waals surface area contributed by atoms with Gasteiger partial charge in [-0.1, -0.05) is 13.8 Å². The number of carboxylic acid groups (broad SMARTS) is 1. The number of rotatable bonds is 4. The molecule has 0 saturated heterocycles. The van der Waals surface area contributed by atoms with Crippen molar-refractivity contribution in [2.24, 2.45) is 5.41 Å². The second-order valence-corrected chi connectivity index (χ2v) is 5.24. The lowest BCUT2D eigenvalue weighted by atomic mass is 9.79. The number of Topliss-reactive ketones (excluding diaryl/α,β-unsaturated/α-hetero) is 1. The molecule has 1 atom stereocenters. The highest BCUT2D eigenvalue weighted by Crippen LogP contribution is 2.36. The molecule has 0 spiro atoms. The Labute approximate surface area is 100 Å². The summed E-state index contributed by atoms with van der Waals surface area (Å²) in [6.07, 6.45) is -0.164. The van der Waals surface area contributed by atoms with Gasteiger partial charge in [0.1, 0.15) is 11.9 Å². The van der Waals surface area contributed by atoms with Crippen LogP contribution in [0.5, 0.6) is 0 Å². The van der Waals surface area contributed by atoms with Crippen molar-refractivity contribution in [3.05, 3.63) is 11.5 Å². The highest BCUT2D eigenvalue weighted by molar-refractivity contribution is 5.95. The van der Waals surface area contributed by atoms with E-state index in [9.17, 15) is 14.7 Å². The zero-order valence-electron chi connectivity index (χ0n) is 10.3. The highest BCUT2D eigenvalue weighted by Gasteiger charge is 2.35. The number of aliphatic hydroxyl groups excluding tert-OH is 1. The summed E-state index contributed by atoms with van der Waals surface area (Å²) in [6, 6.07) is 0. The second-order valence-electron chi connectivity index (χ2n) is 5.24. The molecule has 0 aromatic heterocycles. The van der Waals surface area contributed by atoms with Crippen molar-refractivity contribution >= 4 is 11.8 Å². The molecular formula is C12H18O5. The maximum atomic E-state index is 11.8. The fourth-order valence-electron chi connectivity index (χ4n) is 1.89. The van der Waals surface area contributed by atoms with Gasteiger partial charge in [-0.3, -0.25) is 9.59 Å². The second kappa shape index (κ2) is 4.77. The van der Waals surface area contributed by atoms with E-state index in [2.05, 4.69) is 0 Å². The van der Waals surface area contributed by atoms with Crippen molar-refractivity contribution in [3.8, 4) is 0 Å². The third-order valence-electron chi connectivity index (χ3n) is 2.58. The van der Waals surface area contributed by atoms with Gasteiger partial charge in [0.2, 0.25) is 5.78 Å². The van der Waals surface area contributed by atoms with Crippen LogP contribution >= 0.6 is 0 Å². The van der Waals surface area contributed by atoms with Crippen LogP contribution in [0.25, 0.3) is 0 Å². The molecule has 5 nitrogen and oxygen atoms in total. The summed E-state index contributed by atoms with van der Waals surface area (Å²) < 4.78 is 5.22. The molecule has 0 amide bonds. The molecule has 1 aliphatic carbocycles. The van der Waals surface area contributed by atoms with Crippen LogP contribution in [0.15, 0.2) is 11.5 Å². The van der Waals surface area contributed by atoms with E-state index in [-0.39, 0.29) is 29.1 Å². The minimum Gasteiger partial charge on any atom is -0.508 e. The number of aliphatic carboxylic acids is 1. The molecule has 1 rings (SSSR count). The van der Waals surface area contributed by atoms with Crippen LogP contribution in [-0.4, -0.2) is 28.1 Å². The number of carbonyl (C=O) groups excluding carboxylic acids is 1. The molecule has 1 aliphatic rings. The number of hydrogen-bond donors (Lipinski definition) is 2. The molecule has 0 bridgehead atoms. The predicted octanol–water partition coefficient (Wildman–Crippen LogP) is 2.02. The van der Waals surface area contributed by atoms with Crippen LogP contribution in [0.1, 0.15) is 40.0 Å². The summed E-state index contributed by atoms with van der Waals surface area (Å²) in [5, 5.41) is 18.3. The monoisotopic (exact) mass is 242 g/mol. The van der Waals surface area contributed by atoms with E-state index in [1.165, 1.54) is 0 Å². The van der Waals surface area contributed by atoms with Gasteiger partial charge in [0.15, 0.2) is 5.76 Å². The van der Waals surface area contributed by atoms with E-state index in [0.717, 1.165) is 0 Å². The largest absolute Gasteiger partial charge is 0.508 e. The normalized spacial score (nSPS) is 21.2. The number of hydrogen-bond acceptors (Lipinski definition) is 4. The summed E-state index contributed by atoms with van der Waals surface area (Å²) in [7, 11) is 0. The summed E-state index contributed by atoms with van der Waals surface area (Å²) >= 11 is 0. The van der Waals surface area contributed by atoms with Crippen molar-refractivity contribution in [2.45, 2.75) is 46.1 Å². The standard InChI is InChI=1S/C12H18O5/c1-7(4-10(15)16)17-11-8(13)5-12(2,3)6-9(11)14/h7,13H,4-6H2,1-3H3,(H,15,16). The SMILES string of the molecule is CC(CC(=O)O)OC1=C(O)CC(C)(C)CC1=O. The molecule has 0 aliphatic heterocycles. The van der Waals surface area contributed by atoms with Gasteiger partial charge in [-0.05, 0) is 12.3 Å². The van der Waals surface area contributed by atoms with Gasteiger partial charge < -0.3 is 14.9 Å². The van der Waals surface area contributed by atoms with Crippen molar-refractivity contribution in [3.63, 3.8) is 0 Å².